The Labute approximate surface area is 114 Å². The van der Waals surface area contributed by atoms with Crippen LogP contribution in [0.15, 0.2) is 39.4 Å². The second kappa shape index (κ2) is 5.54. The molecule has 1 N–H and O–H groups in total. The van der Waals surface area contributed by atoms with Crippen LogP contribution in [0.3, 0.4) is 0 Å². The van der Waals surface area contributed by atoms with Crippen LogP contribution in [0, 0.1) is 0 Å². The average molecular weight is 297 g/mol. The molecule has 1 heterocycles. The summed E-state index contributed by atoms with van der Waals surface area (Å²) < 4.78 is 22.5. The number of nitrogens with one attached hydrogen (secondary N) is 1. The Bertz CT molecular complexity index is 648. The van der Waals surface area contributed by atoms with Gasteiger partial charge in [-0.25, -0.2) is 8.42 Å². The van der Waals surface area contributed by atoms with Gasteiger partial charge in [0.1, 0.15) is 0 Å². The molecule has 1 fully saturated rings. The summed E-state index contributed by atoms with van der Waals surface area (Å²) in [4.78, 5) is 11.2. The maximum absolute atomic E-state index is 11.3. The molecule has 0 aliphatic carbocycles. The van der Waals surface area contributed by atoms with E-state index in [-0.39, 0.29) is 10.8 Å². The summed E-state index contributed by atoms with van der Waals surface area (Å²) in [5, 5.41) is 10.7. The lowest BCUT2D eigenvalue weighted by atomic mass is 10.2. The molecule has 0 bridgehead atoms. The number of hydrogen-bond donors (Lipinski definition) is 1. The third-order valence-corrected chi connectivity index (χ3v) is 4.24. The van der Waals surface area contributed by atoms with E-state index in [2.05, 4.69) is 15.5 Å². The van der Waals surface area contributed by atoms with Gasteiger partial charge in [-0.1, -0.05) is 23.9 Å². The van der Waals surface area contributed by atoms with Crippen LogP contribution >= 0.6 is 11.8 Å². The highest BCUT2D eigenvalue weighted by atomic mass is 32.2. The number of hydrogen-bond acceptors (Lipinski definition) is 6. The van der Waals surface area contributed by atoms with Crippen LogP contribution in [-0.4, -0.2) is 37.7 Å². The highest BCUT2D eigenvalue weighted by Gasteiger charge is 2.15. The summed E-state index contributed by atoms with van der Waals surface area (Å²) in [7, 11) is -3.18. The van der Waals surface area contributed by atoms with E-state index in [0.29, 0.717) is 10.9 Å². The van der Waals surface area contributed by atoms with Gasteiger partial charge in [0.2, 0.25) is 5.91 Å². The number of amidine groups is 1. The van der Waals surface area contributed by atoms with Crippen molar-refractivity contribution in [2.24, 2.45) is 10.2 Å². The fraction of sp³-hybridized carbons (Fsp3) is 0.182. The van der Waals surface area contributed by atoms with Crippen molar-refractivity contribution in [2.75, 3.05) is 12.0 Å². The van der Waals surface area contributed by atoms with Crippen molar-refractivity contribution in [3.8, 4) is 0 Å². The third kappa shape index (κ3) is 3.90. The zero-order valence-corrected chi connectivity index (χ0v) is 11.7. The normalized spacial score (nSPS) is 18.2. The molecule has 0 atom stereocenters. The second-order valence-electron chi connectivity index (χ2n) is 3.83. The molecular formula is C11H11N3O3S2. The largest absolute Gasteiger partial charge is 0.303 e. The van der Waals surface area contributed by atoms with E-state index in [1.54, 1.807) is 12.1 Å². The minimum absolute atomic E-state index is 0.0866. The Balaban J connectivity index is 2.06. The van der Waals surface area contributed by atoms with Crippen molar-refractivity contribution in [1.82, 2.24) is 5.32 Å². The van der Waals surface area contributed by atoms with Crippen molar-refractivity contribution < 1.29 is 13.2 Å². The number of rotatable bonds is 3. The SMILES string of the molecule is CS(=O)(=O)c1ccc(C=NN=C2NC(=O)CS2)cc1. The fourth-order valence-corrected chi connectivity index (χ4v) is 2.59. The standard InChI is InChI=1S/C11H11N3O3S2/c1-19(16,17)9-4-2-8(3-5-9)6-12-14-11-13-10(15)7-18-11/h2-6H,7H2,1H3,(H,13,14,15). The highest BCUT2D eigenvalue weighted by molar-refractivity contribution is 8.15. The molecule has 100 valence electrons. The number of amides is 1. The van der Waals surface area contributed by atoms with Crippen LogP contribution in [0.2, 0.25) is 0 Å². The van der Waals surface area contributed by atoms with Crippen molar-refractivity contribution in [2.45, 2.75) is 4.90 Å². The molecule has 0 spiro atoms. The van der Waals surface area contributed by atoms with Crippen LogP contribution in [0.1, 0.15) is 5.56 Å². The molecule has 1 aliphatic heterocycles. The van der Waals surface area contributed by atoms with Gasteiger partial charge in [0.05, 0.1) is 16.9 Å². The summed E-state index contributed by atoms with van der Waals surface area (Å²) in [6, 6.07) is 6.30. The van der Waals surface area contributed by atoms with E-state index in [9.17, 15) is 13.2 Å². The number of sulfone groups is 1. The molecule has 1 amide bonds. The number of carbonyl (C=O) groups excluding carboxylic acids is 1. The van der Waals surface area contributed by atoms with Gasteiger partial charge in [-0.15, -0.1) is 5.10 Å². The first-order valence-electron chi connectivity index (χ1n) is 5.29. The van der Waals surface area contributed by atoms with E-state index in [4.69, 9.17) is 0 Å². The number of benzene rings is 1. The molecule has 0 radical (unpaired) electrons. The van der Waals surface area contributed by atoms with Gasteiger partial charge in [-0.2, -0.15) is 5.10 Å². The predicted octanol–water partition coefficient (Wildman–Crippen LogP) is 0.643. The number of nitrogens with zero attached hydrogens (tertiary/aromatic N) is 2. The maximum atomic E-state index is 11.3. The van der Waals surface area contributed by atoms with Gasteiger partial charge >= 0.3 is 0 Å². The Morgan fingerprint density at radius 2 is 2.00 bits per heavy atom. The summed E-state index contributed by atoms with van der Waals surface area (Å²) in [6.45, 7) is 0. The monoisotopic (exact) mass is 297 g/mol. The van der Waals surface area contributed by atoms with Crippen LogP contribution < -0.4 is 5.32 Å². The third-order valence-electron chi connectivity index (χ3n) is 2.25. The van der Waals surface area contributed by atoms with Crippen LogP contribution in [-0.2, 0) is 14.6 Å². The van der Waals surface area contributed by atoms with E-state index in [1.807, 2.05) is 0 Å². The molecule has 6 nitrogen and oxygen atoms in total. The van der Waals surface area contributed by atoms with Crippen LogP contribution in [0.25, 0.3) is 0 Å². The maximum Gasteiger partial charge on any atom is 0.236 e. The van der Waals surface area contributed by atoms with E-state index >= 15 is 0 Å². The second-order valence-corrected chi connectivity index (χ2v) is 6.81. The molecule has 0 saturated carbocycles. The first kappa shape index (κ1) is 13.8. The predicted molar refractivity (Wildman–Crippen MR) is 75.2 cm³/mol. The van der Waals surface area contributed by atoms with Gasteiger partial charge in [-0.05, 0) is 17.7 Å². The lowest BCUT2D eigenvalue weighted by Crippen LogP contribution is -2.19. The number of carbonyl (C=O) groups is 1. The molecule has 1 aromatic rings. The summed E-state index contributed by atoms with van der Waals surface area (Å²) >= 11 is 1.29. The zero-order chi connectivity index (χ0) is 13.9. The molecule has 19 heavy (non-hydrogen) atoms. The topological polar surface area (TPSA) is 88.0 Å². The molecule has 2 rings (SSSR count). The number of thioether (sulfide) groups is 1. The Hall–Kier alpha value is -1.67. The molecule has 8 heteroatoms. The molecule has 1 saturated heterocycles. The van der Waals surface area contributed by atoms with Crippen LogP contribution in [0.5, 0.6) is 0 Å². The smallest absolute Gasteiger partial charge is 0.236 e. The molecular weight excluding hydrogens is 286 g/mol. The quantitative estimate of drug-likeness (QED) is 0.655. The van der Waals surface area contributed by atoms with Gasteiger partial charge in [0.15, 0.2) is 15.0 Å². The summed E-state index contributed by atoms with van der Waals surface area (Å²) in [5.41, 5.74) is 0.728. The van der Waals surface area contributed by atoms with Crippen molar-refractivity contribution >= 4 is 38.9 Å². The van der Waals surface area contributed by atoms with Gasteiger partial charge in [0, 0.05) is 6.26 Å². The van der Waals surface area contributed by atoms with E-state index in [1.165, 1.54) is 30.1 Å². The van der Waals surface area contributed by atoms with Gasteiger partial charge < -0.3 is 5.32 Å². The summed E-state index contributed by atoms with van der Waals surface area (Å²) in [5.74, 6) is 0.272. The zero-order valence-electron chi connectivity index (χ0n) is 10.0. The van der Waals surface area contributed by atoms with Crippen molar-refractivity contribution in [3.63, 3.8) is 0 Å². The fourth-order valence-electron chi connectivity index (χ4n) is 1.33. The Morgan fingerprint density at radius 1 is 1.32 bits per heavy atom. The molecule has 1 aliphatic rings. The lowest BCUT2D eigenvalue weighted by Gasteiger charge is -1.97. The van der Waals surface area contributed by atoms with E-state index in [0.717, 1.165) is 11.8 Å². The van der Waals surface area contributed by atoms with Crippen molar-refractivity contribution in [3.05, 3.63) is 29.8 Å². The van der Waals surface area contributed by atoms with Gasteiger partial charge in [0.25, 0.3) is 0 Å². The molecule has 0 unspecified atom stereocenters. The average Bonchev–Trinajstić information content (AvgIpc) is 2.75. The van der Waals surface area contributed by atoms with Crippen LogP contribution in [0.4, 0.5) is 0 Å². The first-order chi connectivity index (χ1) is 8.95. The highest BCUT2D eigenvalue weighted by Crippen LogP contribution is 2.10. The first-order valence-corrected chi connectivity index (χ1v) is 8.17. The molecule has 1 aromatic carbocycles. The van der Waals surface area contributed by atoms with Crippen molar-refractivity contribution in [1.29, 1.82) is 0 Å². The molecule has 0 aromatic heterocycles. The van der Waals surface area contributed by atoms with E-state index < -0.39 is 9.84 Å². The minimum atomic E-state index is -3.18. The summed E-state index contributed by atoms with van der Waals surface area (Å²) in [6.07, 6.45) is 2.65. The lowest BCUT2D eigenvalue weighted by molar-refractivity contribution is -0.116. The Morgan fingerprint density at radius 3 is 2.53 bits per heavy atom. The van der Waals surface area contributed by atoms with Gasteiger partial charge in [-0.3, -0.25) is 4.79 Å². The Kier molecular flexibility index (Phi) is 4.01. The minimum Gasteiger partial charge on any atom is -0.303 e.